The fourth-order valence-electron chi connectivity index (χ4n) is 2.07. The minimum absolute atomic E-state index is 0.280. The number of amides is 1. The van der Waals surface area contributed by atoms with Gasteiger partial charge in [0, 0.05) is 12.0 Å². The Kier molecular flexibility index (Phi) is 3.97. The van der Waals surface area contributed by atoms with Crippen molar-refractivity contribution in [3.63, 3.8) is 0 Å². The van der Waals surface area contributed by atoms with Crippen molar-refractivity contribution >= 4 is 11.6 Å². The van der Waals surface area contributed by atoms with Crippen molar-refractivity contribution in [2.45, 2.75) is 20.0 Å². The molecule has 0 aromatic carbocycles. The van der Waals surface area contributed by atoms with Crippen molar-refractivity contribution in [1.82, 2.24) is 9.78 Å². The highest BCUT2D eigenvalue weighted by molar-refractivity contribution is 5.92. The van der Waals surface area contributed by atoms with Crippen LogP contribution in [0.2, 0.25) is 0 Å². The van der Waals surface area contributed by atoms with E-state index in [1.54, 1.807) is 10.8 Å². The Labute approximate surface area is 112 Å². The highest BCUT2D eigenvalue weighted by atomic mass is 16.5. The van der Waals surface area contributed by atoms with E-state index < -0.39 is 5.91 Å². The van der Waals surface area contributed by atoms with Crippen molar-refractivity contribution in [2.24, 2.45) is 5.73 Å². The molecule has 1 aromatic heterocycles. The first-order chi connectivity index (χ1) is 9.19. The molecule has 0 atom stereocenters. The third kappa shape index (κ3) is 2.51. The summed E-state index contributed by atoms with van der Waals surface area (Å²) in [7, 11) is 0. The van der Waals surface area contributed by atoms with Crippen molar-refractivity contribution in [1.29, 1.82) is 0 Å². The summed E-state index contributed by atoms with van der Waals surface area (Å²) in [6.07, 6.45) is 8.11. The van der Waals surface area contributed by atoms with Crippen LogP contribution >= 0.6 is 0 Å². The zero-order valence-corrected chi connectivity index (χ0v) is 10.9. The van der Waals surface area contributed by atoms with Gasteiger partial charge in [-0.3, -0.25) is 4.79 Å². The summed E-state index contributed by atoms with van der Waals surface area (Å²) >= 11 is 0. The van der Waals surface area contributed by atoms with Crippen LogP contribution in [-0.4, -0.2) is 22.3 Å². The quantitative estimate of drug-likeness (QED) is 0.836. The Bertz CT molecular complexity index is 567. The minimum atomic E-state index is -0.532. The number of ether oxygens (including phenoxy) is 1. The number of carbonyl (C=O) groups excluding carboxylic acids is 1. The Balaban J connectivity index is 2.57. The third-order valence-electron chi connectivity index (χ3n) is 2.97. The standard InChI is InChI=1S/C14H17N3O2/c1-3-5-6-10(4-2)17-12-7-8-19-9-11(12)13(16-17)14(15)18/h3-6H,2,7-9H2,1H3,(H2,15,18). The van der Waals surface area contributed by atoms with Crippen molar-refractivity contribution in [3.05, 3.63) is 47.8 Å². The highest BCUT2D eigenvalue weighted by Gasteiger charge is 2.24. The van der Waals surface area contributed by atoms with Crippen molar-refractivity contribution < 1.29 is 9.53 Å². The average Bonchev–Trinajstić information content (AvgIpc) is 2.80. The summed E-state index contributed by atoms with van der Waals surface area (Å²) in [5.41, 5.74) is 8.21. The summed E-state index contributed by atoms with van der Waals surface area (Å²) in [6, 6.07) is 0. The SMILES string of the molecule is C=CC(=CC=CC)n1nc(C(N)=O)c2c1CCOC2. The third-order valence-corrected chi connectivity index (χ3v) is 2.97. The molecule has 0 aliphatic carbocycles. The number of rotatable bonds is 4. The van der Waals surface area contributed by atoms with Gasteiger partial charge in [-0.1, -0.05) is 18.7 Å². The Hall–Kier alpha value is -2.14. The summed E-state index contributed by atoms with van der Waals surface area (Å²) in [6.45, 7) is 6.70. The zero-order chi connectivity index (χ0) is 13.8. The molecule has 0 bridgehead atoms. The number of allylic oxidation sites excluding steroid dienone is 5. The topological polar surface area (TPSA) is 70.1 Å². The molecule has 19 heavy (non-hydrogen) atoms. The molecule has 5 nitrogen and oxygen atoms in total. The van der Waals surface area contributed by atoms with Crippen LogP contribution in [0.15, 0.2) is 30.9 Å². The van der Waals surface area contributed by atoms with Gasteiger partial charge >= 0.3 is 0 Å². The lowest BCUT2D eigenvalue weighted by Crippen LogP contribution is -2.17. The molecule has 0 saturated heterocycles. The Morgan fingerprint density at radius 1 is 1.58 bits per heavy atom. The predicted molar refractivity (Wildman–Crippen MR) is 73.4 cm³/mol. The fourth-order valence-corrected chi connectivity index (χ4v) is 2.07. The number of hydrogen-bond acceptors (Lipinski definition) is 3. The molecule has 0 unspecified atom stereocenters. The Morgan fingerprint density at radius 2 is 2.37 bits per heavy atom. The number of primary amides is 1. The molecule has 0 fully saturated rings. The fraction of sp³-hybridized carbons (Fsp3) is 0.286. The summed E-state index contributed by atoms with van der Waals surface area (Å²) in [4.78, 5) is 11.4. The Morgan fingerprint density at radius 3 is 3.00 bits per heavy atom. The van der Waals surface area contributed by atoms with E-state index in [2.05, 4.69) is 11.7 Å². The first kappa shape index (κ1) is 13.3. The monoisotopic (exact) mass is 259 g/mol. The van der Waals surface area contributed by atoms with E-state index in [1.165, 1.54) is 0 Å². The number of hydrogen-bond donors (Lipinski definition) is 1. The van der Waals surface area contributed by atoms with Crippen LogP contribution in [0.4, 0.5) is 0 Å². The van der Waals surface area contributed by atoms with Gasteiger partial charge in [0.05, 0.1) is 24.6 Å². The van der Waals surface area contributed by atoms with E-state index >= 15 is 0 Å². The van der Waals surface area contributed by atoms with Gasteiger partial charge in [-0.25, -0.2) is 4.68 Å². The lowest BCUT2D eigenvalue weighted by molar-refractivity contribution is 0.0966. The van der Waals surface area contributed by atoms with E-state index in [1.807, 2.05) is 25.2 Å². The van der Waals surface area contributed by atoms with Crippen LogP contribution < -0.4 is 5.73 Å². The van der Waals surface area contributed by atoms with Crippen LogP contribution in [0.5, 0.6) is 0 Å². The van der Waals surface area contributed by atoms with Gasteiger partial charge in [0.2, 0.25) is 0 Å². The van der Waals surface area contributed by atoms with Gasteiger partial charge in [-0.05, 0) is 19.1 Å². The van der Waals surface area contributed by atoms with Crippen LogP contribution in [0.25, 0.3) is 5.70 Å². The lowest BCUT2D eigenvalue weighted by Gasteiger charge is -2.15. The summed E-state index contributed by atoms with van der Waals surface area (Å²) in [5, 5.41) is 4.30. The predicted octanol–water partition coefficient (Wildman–Crippen LogP) is 1.66. The largest absolute Gasteiger partial charge is 0.376 e. The molecule has 2 N–H and O–H groups in total. The molecular formula is C14H17N3O2. The number of fused-ring (bicyclic) bond motifs is 1. The maximum absolute atomic E-state index is 11.4. The summed E-state index contributed by atoms with van der Waals surface area (Å²) in [5.74, 6) is -0.532. The van der Waals surface area contributed by atoms with Crippen LogP contribution in [0.1, 0.15) is 28.7 Å². The van der Waals surface area contributed by atoms with Gasteiger partial charge in [0.25, 0.3) is 5.91 Å². The molecule has 5 heteroatoms. The second kappa shape index (κ2) is 5.67. The average molecular weight is 259 g/mol. The molecule has 1 aromatic rings. The maximum atomic E-state index is 11.4. The molecule has 2 rings (SSSR count). The van der Waals surface area contributed by atoms with Gasteiger partial charge in [-0.15, -0.1) is 0 Å². The number of nitrogens with two attached hydrogens (primary N) is 1. The van der Waals surface area contributed by atoms with Gasteiger partial charge in [-0.2, -0.15) is 5.10 Å². The smallest absolute Gasteiger partial charge is 0.269 e. The minimum Gasteiger partial charge on any atom is -0.376 e. The van der Waals surface area contributed by atoms with Gasteiger partial charge < -0.3 is 10.5 Å². The molecule has 2 heterocycles. The van der Waals surface area contributed by atoms with E-state index in [-0.39, 0.29) is 5.69 Å². The van der Waals surface area contributed by atoms with E-state index in [0.717, 1.165) is 17.0 Å². The van der Waals surface area contributed by atoms with Crippen molar-refractivity contribution in [2.75, 3.05) is 6.61 Å². The molecule has 1 aliphatic rings. The molecule has 100 valence electrons. The van der Waals surface area contributed by atoms with Crippen molar-refractivity contribution in [3.8, 4) is 0 Å². The highest BCUT2D eigenvalue weighted by Crippen LogP contribution is 2.23. The van der Waals surface area contributed by atoms with E-state index in [9.17, 15) is 4.79 Å². The van der Waals surface area contributed by atoms with Crippen LogP contribution in [0.3, 0.4) is 0 Å². The van der Waals surface area contributed by atoms with E-state index in [0.29, 0.717) is 19.6 Å². The molecular weight excluding hydrogens is 242 g/mol. The first-order valence-electron chi connectivity index (χ1n) is 6.13. The molecule has 1 amide bonds. The second-order valence-electron chi connectivity index (χ2n) is 4.17. The molecule has 1 aliphatic heterocycles. The van der Waals surface area contributed by atoms with Crippen LogP contribution in [-0.2, 0) is 17.8 Å². The van der Waals surface area contributed by atoms with E-state index in [4.69, 9.17) is 10.5 Å². The number of nitrogens with zero attached hydrogens (tertiary/aromatic N) is 2. The van der Waals surface area contributed by atoms with Crippen LogP contribution in [0, 0.1) is 0 Å². The number of carbonyl (C=O) groups is 1. The molecule has 0 saturated carbocycles. The van der Waals surface area contributed by atoms with Gasteiger partial charge in [0.15, 0.2) is 5.69 Å². The second-order valence-corrected chi connectivity index (χ2v) is 4.17. The normalized spacial score (nSPS) is 15.5. The lowest BCUT2D eigenvalue weighted by atomic mass is 10.1. The maximum Gasteiger partial charge on any atom is 0.269 e. The first-order valence-corrected chi connectivity index (χ1v) is 6.13. The molecule has 0 spiro atoms. The zero-order valence-electron chi connectivity index (χ0n) is 10.9. The van der Waals surface area contributed by atoms with Gasteiger partial charge in [0.1, 0.15) is 0 Å². The summed E-state index contributed by atoms with van der Waals surface area (Å²) < 4.78 is 7.10. The molecule has 0 radical (unpaired) electrons. The number of aromatic nitrogens is 2.